The molecule has 0 saturated carbocycles. The molecule has 1 nitrogen and oxygen atoms in total. The normalized spacial score (nSPS) is 11.9. The van der Waals surface area contributed by atoms with Crippen LogP contribution in [0, 0.1) is 0 Å². The largest absolute Gasteiger partial charge is 0.333 e. The van der Waals surface area contributed by atoms with E-state index in [1.165, 1.54) is 6.07 Å². The molecule has 0 fully saturated rings. The third-order valence-corrected chi connectivity index (χ3v) is 2.14. The Morgan fingerprint density at radius 1 is 1.07 bits per heavy atom. The fourth-order valence-corrected chi connectivity index (χ4v) is 1.36. The molecule has 0 spiro atoms. The lowest BCUT2D eigenvalue weighted by Gasteiger charge is -2.08. The molecule has 0 radical (unpaired) electrons. The summed E-state index contributed by atoms with van der Waals surface area (Å²) in [6.07, 6.45) is 0. The molecule has 72 valence electrons. The molecule has 1 heterocycles. The summed E-state index contributed by atoms with van der Waals surface area (Å²) in [6.45, 7) is 0. The molecule has 0 bridgehead atoms. The molecule has 0 unspecified atom stereocenters. The van der Waals surface area contributed by atoms with Gasteiger partial charge in [0.15, 0.2) is 0 Å². The number of pyridine rings is 1. The van der Waals surface area contributed by atoms with Crippen LogP contribution in [0.4, 0.5) is 8.78 Å². The van der Waals surface area contributed by atoms with E-state index in [1.54, 1.807) is 18.2 Å². The van der Waals surface area contributed by atoms with E-state index in [0.29, 0.717) is 5.52 Å². The highest BCUT2D eigenvalue weighted by molar-refractivity contribution is 7.80. The van der Waals surface area contributed by atoms with E-state index in [-0.39, 0.29) is 5.69 Å². The SMILES string of the molecule is FC(F)(S)c1ccc2ccccc2n1. The molecule has 0 atom stereocenters. The number of fused-ring (bicyclic) bond motifs is 1. The van der Waals surface area contributed by atoms with E-state index in [4.69, 9.17) is 0 Å². The van der Waals surface area contributed by atoms with Crippen molar-refractivity contribution in [1.29, 1.82) is 0 Å². The van der Waals surface area contributed by atoms with E-state index in [9.17, 15) is 8.78 Å². The first kappa shape index (κ1) is 9.40. The molecule has 0 aliphatic heterocycles. The first-order valence-electron chi connectivity index (χ1n) is 4.04. The van der Waals surface area contributed by atoms with Crippen molar-refractivity contribution in [2.24, 2.45) is 0 Å². The van der Waals surface area contributed by atoms with Crippen molar-refractivity contribution in [1.82, 2.24) is 4.98 Å². The quantitative estimate of drug-likeness (QED) is 0.714. The average Bonchev–Trinajstić information content (AvgIpc) is 2.16. The number of alkyl halides is 2. The van der Waals surface area contributed by atoms with Crippen LogP contribution in [0.25, 0.3) is 10.9 Å². The van der Waals surface area contributed by atoms with Gasteiger partial charge in [-0.1, -0.05) is 36.9 Å². The monoisotopic (exact) mass is 211 g/mol. The van der Waals surface area contributed by atoms with Crippen molar-refractivity contribution >= 4 is 23.5 Å². The topological polar surface area (TPSA) is 12.9 Å². The Morgan fingerprint density at radius 2 is 1.79 bits per heavy atom. The minimum Gasteiger partial charge on any atom is -0.246 e. The number of para-hydroxylation sites is 1. The molecule has 0 aliphatic rings. The Bertz CT molecular complexity index is 465. The van der Waals surface area contributed by atoms with Crippen molar-refractivity contribution in [3.63, 3.8) is 0 Å². The van der Waals surface area contributed by atoms with Crippen LogP contribution in [0.2, 0.25) is 0 Å². The molecule has 14 heavy (non-hydrogen) atoms. The summed E-state index contributed by atoms with van der Waals surface area (Å²) in [5.74, 6) is 0. The van der Waals surface area contributed by atoms with Crippen LogP contribution < -0.4 is 0 Å². The van der Waals surface area contributed by atoms with Gasteiger partial charge in [0.05, 0.1) is 5.52 Å². The molecular formula is C10H7F2NS. The van der Waals surface area contributed by atoms with Gasteiger partial charge in [0, 0.05) is 5.39 Å². The van der Waals surface area contributed by atoms with E-state index < -0.39 is 5.25 Å². The molecule has 0 aliphatic carbocycles. The van der Waals surface area contributed by atoms with Crippen LogP contribution in [-0.4, -0.2) is 4.98 Å². The van der Waals surface area contributed by atoms with Crippen LogP contribution >= 0.6 is 12.6 Å². The van der Waals surface area contributed by atoms with Crippen LogP contribution in [0.5, 0.6) is 0 Å². The lowest BCUT2D eigenvalue weighted by molar-refractivity contribution is 0.103. The first-order chi connectivity index (χ1) is 6.57. The zero-order valence-corrected chi connectivity index (χ0v) is 8.01. The maximum Gasteiger partial charge on any atom is 0.333 e. The Labute approximate surface area is 85.2 Å². The number of rotatable bonds is 1. The van der Waals surface area contributed by atoms with Gasteiger partial charge < -0.3 is 0 Å². The Balaban J connectivity index is 2.63. The second kappa shape index (κ2) is 3.20. The second-order valence-electron chi connectivity index (χ2n) is 2.93. The van der Waals surface area contributed by atoms with Gasteiger partial charge in [-0.3, -0.25) is 0 Å². The van der Waals surface area contributed by atoms with E-state index >= 15 is 0 Å². The summed E-state index contributed by atoms with van der Waals surface area (Å²) in [5, 5.41) is -2.34. The number of thiol groups is 1. The van der Waals surface area contributed by atoms with Gasteiger partial charge in [-0.15, -0.1) is 0 Å². The van der Waals surface area contributed by atoms with Crippen LogP contribution in [0.1, 0.15) is 5.69 Å². The summed E-state index contributed by atoms with van der Waals surface area (Å²) in [5.41, 5.74) is 0.234. The number of aromatic nitrogens is 1. The highest BCUT2D eigenvalue weighted by atomic mass is 32.1. The Hall–Kier alpha value is -1.16. The van der Waals surface area contributed by atoms with Crippen molar-refractivity contribution in [2.45, 2.75) is 5.25 Å². The highest BCUT2D eigenvalue weighted by Gasteiger charge is 2.27. The fraction of sp³-hybridized carbons (Fsp3) is 0.100. The van der Waals surface area contributed by atoms with Crippen LogP contribution in [0.3, 0.4) is 0 Å². The molecule has 0 N–H and O–H groups in total. The summed E-state index contributed by atoms with van der Waals surface area (Å²) in [7, 11) is 0. The average molecular weight is 211 g/mol. The summed E-state index contributed by atoms with van der Waals surface area (Å²) in [6, 6.07) is 10.0. The molecular weight excluding hydrogens is 204 g/mol. The molecule has 1 aromatic carbocycles. The van der Waals surface area contributed by atoms with Crippen LogP contribution in [0.15, 0.2) is 36.4 Å². The molecule has 0 saturated heterocycles. The maximum atomic E-state index is 12.8. The third kappa shape index (κ3) is 1.70. The van der Waals surface area contributed by atoms with Gasteiger partial charge in [-0.05, 0) is 12.1 Å². The zero-order chi connectivity index (χ0) is 10.2. The van der Waals surface area contributed by atoms with Crippen molar-refractivity contribution in [2.75, 3.05) is 0 Å². The second-order valence-corrected chi connectivity index (χ2v) is 3.49. The van der Waals surface area contributed by atoms with Gasteiger partial charge in [0.1, 0.15) is 5.69 Å². The first-order valence-corrected chi connectivity index (χ1v) is 4.48. The van der Waals surface area contributed by atoms with Gasteiger partial charge >= 0.3 is 5.25 Å². The molecule has 2 rings (SSSR count). The minimum atomic E-state index is -3.18. The molecule has 2 aromatic rings. The number of nitrogens with zero attached hydrogens (tertiary/aromatic N) is 1. The van der Waals surface area contributed by atoms with E-state index in [1.807, 2.05) is 12.1 Å². The van der Waals surface area contributed by atoms with Gasteiger partial charge in [-0.2, -0.15) is 8.78 Å². The summed E-state index contributed by atoms with van der Waals surface area (Å²) >= 11 is 3.17. The molecule has 4 heteroatoms. The van der Waals surface area contributed by atoms with Gasteiger partial charge in [0.2, 0.25) is 0 Å². The predicted octanol–water partition coefficient (Wildman–Crippen LogP) is 3.21. The lowest BCUT2D eigenvalue weighted by atomic mass is 10.2. The number of hydrogen-bond donors (Lipinski definition) is 1. The van der Waals surface area contributed by atoms with E-state index in [2.05, 4.69) is 17.6 Å². The van der Waals surface area contributed by atoms with Gasteiger partial charge in [0.25, 0.3) is 0 Å². The highest BCUT2D eigenvalue weighted by Crippen LogP contribution is 2.31. The van der Waals surface area contributed by atoms with E-state index in [0.717, 1.165) is 5.39 Å². The lowest BCUT2D eigenvalue weighted by Crippen LogP contribution is -2.06. The summed E-state index contributed by atoms with van der Waals surface area (Å²) < 4.78 is 25.6. The minimum absolute atomic E-state index is 0.320. The molecule has 1 aromatic heterocycles. The molecule has 0 amide bonds. The van der Waals surface area contributed by atoms with Crippen molar-refractivity contribution < 1.29 is 8.78 Å². The Morgan fingerprint density at radius 3 is 2.50 bits per heavy atom. The number of halogens is 2. The van der Waals surface area contributed by atoms with Gasteiger partial charge in [-0.25, -0.2) is 4.98 Å². The van der Waals surface area contributed by atoms with Crippen molar-refractivity contribution in [3.8, 4) is 0 Å². The zero-order valence-electron chi connectivity index (χ0n) is 7.11. The smallest absolute Gasteiger partial charge is 0.246 e. The predicted molar refractivity (Wildman–Crippen MR) is 54.6 cm³/mol. The standard InChI is InChI=1S/C10H7F2NS/c11-10(12,14)9-6-5-7-3-1-2-4-8(7)13-9/h1-6,14H. The number of hydrogen-bond acceptors (Lipinski definition) is 2. The third-order valence-electron chi connectivity index (χ3n) is 1.91. The maximum absolute atomic E-state index is 12.8. The fourth-order valence-electron chi connectivity index (χ4n) is 1.23. The summed E-state index contributed by atoms with van der Waals surface area (Å²) in [4.78, 5) is 3.82. The van der Waals surface area contributed by atoms with Crippen molar-refractivity contribution in [3.05, 3.63) is 42.1 Å². The number of benzene rings is 1. The van der Waals surface area contributed by atoms with Crippen LogP contribution in [-0.2, 0) is 5.25 Å². The Kier molecular flexibility index (Phi) is 2.15.